The van der Waals surface area contributed by atoms with Crippen LogP contribution in [-0.2, 0) is 0 Å². The van der Waals surface area contributed by atoms with Crippen molar-refractivity contribution in [1.82, 2.24) is 0 Å². The topological polar surface area (TPSA) is 20.2 Å². The largest absolute Gasteiger partial charge is 0.388 e. The lowest BCUT2D eigenvalue weighted by molar-refractivity contribution is 0.204. The Morgan fingerprint density at radius 2 is 1.36 bits per heavy atom. The van der Waals surface area contributed by atoms with E-state index in [9.17, 15) is 5.11 Å². The van der Waals surface area contributed by atoms with Gasteiger partial charge in [-0.05, 0) is 17.7 Å². The Balaban J connectivity index is 1.84. The molecule has 1 N–H and O–H groups in total. The minimum absolute atomic E-state index is 0.311. The predicted molar refractivity (Wildman–Crippen MR) is 101 cm³/mol. The Kier molecular flexibility index (Phi) is 12.6. The molecule has 0 aliphatic rings. The number of benzene rings is 1. The van der Waals surface area contributed by atoms with Crippen LogP contribution in [0.3, 0.4) is 0 Å². The van der Waals surface area contributed by atoms with Crippen molar-refractivity contribution < 1.29 is 5.11 Å². The molecule has 0 aliphatic heterocycles. The number of rotatable bonds is 14. The SMILES string of the molecule is CCCCCCCCCCCCSC[C@H](O)c1ccccc1. The Morgan fingerprint density at radius 1 is 0.818 bits per heavy atom. The normalized spacial score (nSPS) is 12.5. The number of hydrogen-bond donors (Lipinski definition) is 1. The first kappa shape index (κ1) is 19.6. The molecule has 1 rings (SSSR count). The maximum absolute atomic E-state index is 10.1. The zero-order chi connectivity index (χ0) is 15.9. The van der Waals surface area contributed by atoms with Crippen LogP contribution in [0, 0.1) is 0 Å². The number of hydrogen-bond acceptors (Lipinski definition) is 2. The Bertz CT molecular complexity index is 339. The van der Waals surface area contributed by atoms with Gasteiger partial charge in [-0.25, -0.2) is 0 Å². The monoisotopic (exact) mass is 322 g/mol. The third kappa shape index (κ3) is 10.3. The molecule has 0 heterocycles. The summed E-state index contributed by atoms with van der Waals surface area (Å²) in [6.07, 6.45) is 13.6. The van der Waals surface area contributed by atoms with Crippen LogP contribution in [0.5, 0.6) is 0 Å². The van der Waals surface area contributed by atoms with Crippen molar-refractivity contribution >= 4 is 11.8 Å². The third-order valence-corrected chi connectivity index (χ3v) is 5.23. The molecule has 0 amide bonds. The van der Waals surface area contributed by atoms with E-state index in [0.717, 1.165) is 11.3 Å². The molecule has 0 radical (unpaired) electrons. The summed E-state index contributed by atoms with van der Waals surface area (Å²) in [5.41, 5.74) is 1.04. The maximum atomic E-state index is 10.1. The van der Waals surface area contributed by atoms with E-state index in [4.69, 9.17) is 0 Å². The van der Waals surface area contributed by atoms with E-state index in [1.165, 1.54) is 70.0 Å². The molecule has 0 unspecified atom stereocenters. The first-order chi connectivity index (χ1) is 10.8. The van der Waals surface area contributed by atoms with Crippen LogP contribution in [-0.4, -0.2) is 16.6 Å². The van der Waals surface area contributed by atoms with Crippen LogP contribution in [0.1, 0.15) is 82.8 Å². The molecule has 0 saturated carbocycles. The third-order valence-electron chi connectivity index (χ3n) is 4.10. The van der Waals surface area contributed by atoms with E-state index >= 15 is 0 Å². The Labute approximate surface area is 141 Å². The minimum Gasteiger partial charge on any atom is -0.388 e. The summed E-state index contributed by atoms with van der Waals surface area (Å²) in [6.45, 7) is 2.27. The highest BCUT2D eigenvalue weighted by molar-refractivity contribution is 7.99. The van der Waals surface area contributed by atoms with Gasteiger partial charge in [0, 0.05) is 5.75 Å². The molecule has 0 aliphatic carbocycles. The number of aliphatic hydroxyl groups excluding tert-OH is 1. The highest BCUT2D eigenvalue weighted by Crippen LogP contribution is 2.19. The van der Waals surface area contributed by atoms with Gasteiger partial charge < -0.3 is 5.11 Å². The van der Waals surface area contributed by atoms with Gasteiger partial charge in [-0.3, -0.25) is 0 Å². The van der Waals surface area contributed by atoms with Crippen LogP contribution in [0.4, 0.5) is 0 Å². The number of unbranched alkanes of at least 4 members (excludes halogenated alkanes) is 9. The second kappa shape index (κ2) is 14.1. The maximum Gasteiger partial charge on any atom is 0.0880 e. The molecule has 0 saturated heterocycles. The lowest BCUT2D eigenvalue weighted by atomic mass is 10.1. The van der Waals surface area contributed by atoms with Gasteiger partial charge in [0.1, 0.15) is 0 Å². The van der Waals surface area contributed by atoms with E-state index in [0.29, 0.717) is 0 Å². The van der Waals surface area contributed by atoms with Gasteiger partial charge in [0.25, 0.3) is 0 Å². The molecule has 1 nitrogen and oxygen atoms in total. The summed E-state index contributed by atoms with van der Waals surface area (Å²) < 4.78 is 0. The minimum atomic E-state index is -0.311. The molecule has 126 valence electrons. The van der Waals surface area contributed by atoms with Crippen LogP contribution in [0.15, 0.2) is 30.3 Å². The van der Waals surface area contributed by atoms with Gasteiger partial charge in [0.15, 0.2) is 0 Å². The highest BCUT2D eigenvalue weighted by Gasteiger charge is 2.05. The van der Waals surface area contributed by atoms with E-state index in [2.05, 4.69) is 6.92 Å². The summed E-state index contributed by atoms with van der Waals surface area (Å²) in [7, 11) is 0. The van der Waals surface area contributed by atoms with Crippen LogP contribution < -0.4 is 0 Å². The molecule has 0 aromatic heterocycles. The van der Waals surface area contributed by atoms with Crippen LogP contribution in [0.2, 0.25) is 0 Å². The summed E-state index contributed by atoms with van der Waals surface area (Å²) in [5.74, 6) is 2.00. The Hall–Kier alpha value is -0.470. The number of aliphatic hydroxyl groups is 1. The second-order valence-corrected chi connectivity index (χ2v) is 7.33. The fourth-order valence-electron chi connectivity index (χ4n) is 2.66. The van der Waals surface area contributed by atoms with Gasteiger partial charge >= 0.3 is 0 Å². The number of thioether (sulfide) groups is 1. The second-order valence-electron chi connectivity index (χ2n) is 6.18. The van der Waals surface area contributed by atoms with Gasteiger partial charge in [-0.2, -0.15) is 11.8 Å². The first-order valence-corrected chi connectivity index (χ1v) is 10.3. The van der Waals surface area contributed by atoms with Crippen LogP contribution >= 0.6 is 11.8 Å². The average molecular weight is 323 g/mol. The highest BCUT2D eigenvalue weighted by atomic mass is 32.2. The van der Waals surface area contributed by atoms with E-state index < -0.39 is 0 Å². The van der Waals surface area contributed by atoms with Crippen molar-refractivity contribution in [3.8, 4) is 0 Å². The van der Waals surface area contributed by atoms with Crippen molar-refractivity contribution in [2.45, 2.75) is 77.2 Å². The smallest absolute Gasteiger partial charge is 0.0880 e. The molecule has 0 spiro atoms. The zero-order valence-corrected chi connectivity index (χ0v) is 15.1. The predicted octanol–water partition coefficient (Wildman–Crippen LogP) is 6.37. The molecular weight excluding hydrogens is 288 g/mol. The molecule has 0 bridgehead atoms. The quantitative estimate of drug-likeness (QED) is 0.401. The summed E-state index contributed by atoms with van der Waals surface area (Å²) in [6, 6.07) is 9.99. The van der Waals surface area contributed by atoms with Crippen molar-refractivity contribution in [1.29, 1.82) is 0 Å². The summed E-state index contributed by atoms with van der Waals surface area (Å²) in [5, 5.41) is 10.1. The fraction of sp³-hybridized carbons (Fsp3) is 0.700. The lowest BCUT2D eigenvalue weighted by Gasteiger charge is -2.10. The van der Waals surface area contributed by atoms with Crippen molar-refractivity contribution in [2.75, 3.05) is 11.5 Å². The van der Waals surface area contributed by atoms with E-state index in [1.807, 2.05) is 42.1 Å². The summed E-state index contributed by atoms with van der Waals surface area (Å²) >= 11 is 1.88. The standard InChI is InChI=1S/C20H34OS/c1-2-3-4-5-6-7-8-9-10-14-17-22-18-20(21)19-15-12-11-13-16-19/h11-13,15-16,20-21H,2-10,14,17-18H2,1H3/t20-/m0/s1. The molecular formula is C20H34OS. The first-order valence-electron chi connectivity index (χ1n) is 9.15. The van der Waals surface area contributed by atoms with Crippen LogP contribution in [0.25, 0.3) is 0 Å². The van der Waals surface area contributed by atoms with Crippen molar-refractivity contribution in [2.24, 2.45) is 0 Å². The van der Waals surface area contributed by atoms with E-state index in [1.54, 1.807) is 0 Å². The molecule has 2 heteroatoms. The lowest BCUT2D eigenvalue weighted by Crippen LogP contribution is -2.00. The van der Waals surface area contributed by atoms with Gasteiger partial charge in [0.05, 0.1) is 6.10 Å². The molecule has 0 fully saturated rings. The van der Waals surface area contributed by atoms with E-state index in [-0.39, 0.29) is 6.10 Å². The Morgan fingerprint density at radius 3 is 1.95 bits per heavy atom. The fourth-order valence-corrected chi connectivity index (χ4v) is 3.65. The molecule has 1 aromatic rings. The molecule has 1 aromatic carbocycles. The zero-order valence-electron chi connectivity index (χ0n) is 14.3. The van der Waals surface area contributed by atoms with Gasteiger partial charge in [0.2, 0.25) is 0 Å². The van der Waals surface area contributed by atoms with Gasteiger partial charge in [-0.15, -0.1) is 0 Å². The molecule has 22 heavy (non-hydrogen) atoms. The van der Waals surface area contributed by atoms with Crippen molar-refractivity contribution in [3.63, 3.8) is 0 Å². The van der Waals surface area contributed by atoms with Crippen molar-refractivity contribution in [3.05, 3.63) is 35.9 Å². The average Bonchev–Trinajstić information content (AvgIpc) is 2.56. The molecule has 1 atom stereocenters. The van der Waals surface area contributed by atoms with Gasteiger partial charge in [-0.1, -0.05) is 95.0 Å². The summed E-state index contributed by atoms with van der Waals surface area (Å²) in [4.78, 5) is 0.